The molecule has 2 aromatic carbocycles. The smallest absolute Gasteiger partial charge is 0.124 e. The van der Waals surface area contributed by atoms with E-state index in [0.29, 0.717) is 18.1 Å². The van der Waals surface area contributed by atoms with Crippen molar-refractivity contribution in [1.29, 1.82) is 0 Å². The maximum absolute atomic E-state index is 13.3. The van der Waals surface area contributed by atoms with Crippen LogP contribution in [0.1, 0.15) is 17.5 Å². The van der Waals surface area contributed by atoms with E-state index >= 15 is 0 Å². The van der Waals surface area contributed by atoms with Crippen molar-refractivity contribution in [2.75, 3.05) is 13.2 Å². The first-order chi connectivity index (χ1) is 10.2. The van der Waals surface area contributed by atoms with E-state index in [0.717, 1.165) is 29.9 Å². The predicted molar refractivity (Wildman–Crippen MR) is 80.5 cm³/mol. The second kappa shape index (κ2) is 6.46. The van der Waals surface area contributed by atoms with Crippen LogP contribution in [0.25, 0.3) is 0 Å². The Morgan fingerprint density at radius 1 is 1.19 bits per heavy atom. The summed E-state index contributed by atoms with van der Waals surface area (Å²) < 4.78 is 24.3. The lowest BCUT2D eigenvalue weighted by molar-refractivity contribution is 0.141. The quantitative estimate of drug-likeness (QED) is 0.841. The van der Waals surface area contributed by atoms with Gasteiger partial charge >= 0.3 is 0 Å². The molecule has 1 saturated heterocycles. The predicted octanol–water partition coefficient (Wildman–Crippen LogP) is 4.24. The highest BCUT2D eigenvalue weighted by Gasteiger charge is 2.16. The molecule has 1 fully saturated rings. The summed E-state index contributed by atoms with van der Waals surface area (Å²) in [6.07, 6.45) is 1.68. The number of benzene rings is 2. The SMILES string of the molecule is Fc1ccc(Cl)c(Cc2ccc(OC3CCOC3)cc2)c1. The monoisotopic (exact) mass is 306 g/mol. The highest BCUT2D eigenvalue weighted by atomic mass is 35.5. The molecule has 0 aromatic heterocycles. The molecule has 1 aliphatic rings. The van der Waals surface area contributed by atoms with Gasteiger partial charge in [0, 0.05) is 11.4 Å². The largest absolute Gasteiger partial charge is 0.488 e. The number of halogens is 2. The molecule has 21 heavy (non-hydrogen) atoms. The van der Waals surface area contributed by atoms with Gasteiger partial charge in [-0.25, -0.2) is 4.39 Å². The van der Waals surface area contributed by atoms with Crippen LogP contribution in [0.4, 0.5) is 4.39 Å². The van der Waals surface area contributed by atoms with Gasteiger partial charge in [0.15, 0.2) is 0 Å². The molecule has 0 bridgehead atoms. The molecule has 1 atom stereocenters. The van der Waals surface area contributed by atoms with E-state index in [1.165, 1.54) is 12.1 Å². The third-order valence-electron chi connectivity index (χ3n) is 3.52. The fraction of sp³-hybridized carbons (Fsp3) is 0.294. The van der Waals surface area contributed by atoms with Crippen molar-refractivity contribution < 1.29 is 13.9 Å². The van der Waals surface area contributed by atoms with Gasteiger partial charge in [0.2, 0.25) is 0 Å². The van der Waals surface area contributed by atoms with Crippen molar-refractivity contribution in [3.63, 3.8) is 0 Å². The molecular weight excluding hydrogens is 291 g/mol. The van der Waals surface area contributed by atoms with Crippen LogP contribution in [-0.4, -0.2) is 19.3 Å². The first kappa shape index (κ1) is 14.4. The molecule has 1 heterocycles. The summed E-state index contributed by atoms with van der Waals surface area (Å²) in [6, 6.07) is 12.2. The minimum atomic E-state index is -0.268. The fourth-order valence-corrected chi connectivity index (χ4v) is 2.57. The highest BCUT2D eigenvalue weighted by Crippen LogP contribution is 2.23. The minimum absolute atomic E-state index is 0.147. The minimum Gasteiger partial charge on any atom is -0.488 e. The second-order valence-corrected chi connectivity index (χ2v) is 5.57. The van der Waals surface area contributed by atoms with E-state index in [9.17, 15) is 4.39 Å². The van der Waals surface area contributed by atoms with Crippen LogP contribution in [0.5, 0.6) is 5.75 Å². The highest BCUT2D eigenvalue weighted by molar-refractivity contribution is 6.31. The summed E-state index contributed by atoms with van der Waals surface area (Å²) in [7, 11) is 0. The van der Waals surface area contributed by atoms with Crippen molar-refractivity contribution in [2.24, 2.45) is 0 Å². The Balaban J connectivity index is 1.67. The molecule has 0 amide bonds. The molecular formula is C17H16ClFO2. The zero-order valence-electron chi connectivity index (χ0n) is 11.5. The molecule has 0 N–H and O–H groups in total. The van der Waals surface area contributed by atoms with E-state index in [2.05, 4.69) is 0 Å². The first-order valence-corrected chi connectivity index (χ1v) is 7.36. The lowest BCUT2D eigenvalue weighted by atomic mass is 10.0. The van der Waals surface area contributed by atoms with Gasteiger partial charge in [-0.15, -0.1) is 0 Å². The Bertz CT molecular complexity index is 607. The fourth-order valence-electron chi connectivity index (χ4n) is 2.38. The first-order valence-electron chi connectivity index (χ1n) is 6.98. The van der Waals surface area contributed by atoms with Crippen LogP contribution in [-0.2, 0) is 11.2 Å². The van der Waals surface area contributed by atoms with E-state index in [1.807, 2.05) is 24.3 Å². The van der Waals surface area contributed by atoms with Gasteiger partial charge in [-0.1, -0.05) is 23.7 Å². The Kier molecular flexibility index (Phi) is 4.42. The molecule has 1 unspecified atom stereocenters. The number of rotatable bonds is 4. The van der Waals surface area contributed by atoms with Crippen LogP contribution in [0.3, 0.4) is 0 Å². The van der Waals surface area contributed by atoms with Crippen LogP contribution >= 0.6 is 11.6 Å². The molecule has 2 nitrogen and oxygen atoms in total. The van der Waals surface area contributed by atoms with E-state index in [1.54, 1.807) is 6.07 Å². The molecule has 1 aliphatic heterocycles. The van der Waals surface area contributed by atoms with Gasteiger partial charge in [-0.05, 0) is 47.9 Å². The third-order valence-corrected chi connectivity index (χ3v) is 3.89. The average molecular weight is 307 g/mol. The van der Waals surface area contributed by atoms with Crippen LogP contribution < -0.4 is 4.74 Å². The van der Waals surface area contributed by atoms with Crippen molar-refractivity contribution in [1.82, 2.24) is 0 Å². The van der Waals surface area contributed by atoms with Crippen LogP contribution in [0.15, 0.2) is 42.5 Å². The lowest BCUT2D eigenvalue weighted by Crippen LogP contribution is -2.15. The Hall–Kier alpha value is -1.58. The van der Waals surface area contributed by atoms with Crippen LogP contribution in [0.2, 0.25) is 5.02 Å². The van der Waals surface area contributed by atoms with Gasteiger partial charge < -0.3 is 9.47 Å². The zero-order chi connectivity index (χ0) is 14.7. The lowest BCUT2D eigenvalue weighted by Gasteiger charge is -2.12. The van der Waals surface area contributed by atoms with Crippen LogP contribution in [0, 0.1) is 5.82 Å². The second-order valence-electron chi connectivity index (χ2n) is 5.16. The normalized spacial score (nSPS) is 17.9. The molecule has 0 spiro atoms. The molecule has 4 heteroatoms. The van der Waals surface area contributed by atoms with Crippen molar-refractivity contribution in [2.45, 2.75) is 18.9 Å². The maximum Gasteiger partial charge on any atom is 0.124 e. The summed E-state index contributed by atoms with van der Waals surface area (Å²) in [5.41, 5.74) is 1.85. The molecule has 110 valence electrons. The van der Waals surface area contributed by atoms with Crippen molar-refractivity contribution in [3.05, 3.63) is 64.4 Å². The average Bonchev–Trinajstić information content (AvgIpc) is 2.98. The summed E-state index contributed by atoms with van der Waals surface area (Å²) in [4.78, 5) is 0. The van der Waals surface area contributed by atoms with Gasteiger partial charge in [-0.3, -0.25) is 0 Å². The Morgan fingerprint density at radius 2 is 2.00 bits per heavy atom. The van der Waals surface area contributed by atoms with Crippen molar-refractivity contribution in [3.8, 4) is 5.75 Å². The standard InChI is InChI=1S/C17H16ClFO2/c18-17-6-3-14(19)10-13(17)9-12-1-4-15(5-2-12)21-16-7-8-20-11-16/h1-6,10,16H,7-9,11H2. The number of ether oxygens (including phenoxy) is 2. The van der Waals surface area contributed by atoms with E-state index in [-0.39, 0.29) is 11.9 Å². The summed E-state index contributed by atoms with van der Waals surface area (Å²) in [5.74, 6) is 0.565. The maximum atomic E-state index is 13.3. The van der Waals surface area contributed by atoms with Gasteiger partial charge in [-0.2, -0.15) is 0 Å². The third kappa shape index (κ3) is 3.74. The Morgan fingerprint density at radius 3 is 2.71 bits per heavy atom. The summed E-state index contributed by atoms with van der Waals surface area (Å²) in [6.45, 7) is 1.42. The summed E-state index contributed by atoms with van der Waals surface area (Å²) in [5, 5.41) is 0.583. The molecule has 3 rings (SSSR count). The van der Waals surface area contributed by atoms with Gasteiger partial charge in [0.05, 0.1) is 13.2 Å². The Labute approximate surface area is 128 Å². The van der Waals surface area contributed by atoms with Gasteiger partial charge in [0.25, 0.3) is 0 Å². The molecule has 0 saturated carbocycles. The zero-order valence-corrected chi connectivity index (χ0v) is 12.3. The number of hydrogen-bond donors (Lipinski definition) is 0. The van der Waals surface area contributed by atoms with E-state index < -0.39 is 0 Å². The number of hydrogen-bond acceptors (Lipinski definition) is 2. The topological polar surface area (TPSA) is 18.5 Å². The molecule has 0 aliphatic carbocycles. The van der Waals surface area contributed by atoms with Gasteiger partial charge in [0.1, 0.15) is 17.7 Å². The molecule has 0 radical (unpaired) electrons. The summed E-state index contributed by atoms with van der Waals surface area (Å²) >= 11 is 6.09. The molecule has 2 aromatic rings. The van der Waals surface area contributed by atoms with Crippen molar-refractivity contribution >= 4 is 11.6 Å². The van der Waals surface area contributed by atoms with E-state index in [4.69, 9.17) is 21.1 Å².